The normalized spacial score (nSPS) is 11.2. The van der Waals surface area contributed by atoms with Crippen molar-refractivity contribution in [1.29, 1.82) is 5.26 Å². The van der Waals surface area contributed by atoms with Gasteiger partial charge < -0.3 is 5.32 Å². The van der Waals surface area contributed by atoms with Crippen molar-refractivity contribution in [2.24, 2.45) is 0 Å². The molecule has 1 heterocycles. The number of hydrogen-bond acceptors (Lipinski definition) is 5. The maximum atomic E-state index is 12.0. The summed E-state index contributed by atoms with van der Waals surface area (Å²) in [6, 6.07) is 4.69. The average Bonchev–Trinajstić information content (AvgIpc) is 2.78. The van der Waals surface area contributed by atoms with Crippen molar-refractivity contribution < 1.29 is 13.2 Å². The molecule has 1 aromatic rings. The van der Waals surface area contributed by atoms with E-state index in [0.717, 1.165) is 15.6 Å². The Morgan fingerprint density at radius 3 is 2.72 bits per heavy atom. The van der Waals surface area contributed by atoms with Crippen LogP contribution in [0.4, 0.5) is 0 Å². The number of thiophene rings is 1. The van der Waals surface area contributed by atoms with E-state index in [0.29, 0.717) is 11.4 Å². The van der Waals surface area contributed by atoms with Gasteiger partial charge in [0.05, 0.1) is 6.54 Å². The third-order valence-electron chi connectivity index (χ3n) is 2.10. The SMILES string of the molecule is CCNC(=O)CN(C)S(=O)(=O)c1ccc(C#N)s1. The number of likely N-dealkylation sites (N-methyl/N-ethyl adjacent to an activating group) is 2. The Kier molecular flexibility index (Phi) is 4.84. The van der Waals surface area contributed by atoms with Gasteiger partial charge in [0.25, 0.3) is 10.0 Å². The molecule has 8 heteroatoms. The van der Waals surface area contributed by atoms with Gasteiger partial charge in [0.15, 0.2) is 0 Å². The van der Waals surface area contributed by atoms with E-state index in [4.69, 9.17) is 5.26 Å². The van der Waals surface area contributed by atoms with Crippen LogP contribution in [0, 0.1) is 11.3 Å². The second-order valence-corrected chi connectivity index (χ2v) is 6.80. The number of hydrogen-bond donors (Lipinski definition) is 1. The third-order valence-corrected chi connectivity index (χ3v) is 5.36. The van der Waals surface area contributed by atoms with Gasteiger partial charge in [0, 0.05) is 13.6 Å². The predicted molar refractivity (Wildman–Crippen MR) is 67.5 cm³/mol. The number of sulfonamides is 1. The summed E-state index contributed by atoms with van der Waals surface area (Å²) in [5, 5.41) is 11.2. The molecule has 0 radical (unpaired) electrons. The first-order valence-corrected chi connectivity index (χ1v) is 7.40. The Bertz CT molecular complexity index is 571. The predicted octanol–water partition coefficient (Wildman–Crippen LogP) is 0.376. The summed E-state index contributed by atoms with van der Waals surface area (Å²) in [5.74, 6) is -0.361. The number of rotatable bonds is 5. The van der Waals surface area contributed by atoms with E-state index in [1.807, 2.05) is 6.07 Å². The second kappa shape index (κ2) is 5.95. The van der Waals surface area contributed by atoms with Gasteiger partial charge in [-0.15, -0.1) is 11.3 Å². The molecule has 0 bridgehead atoms. The number of carbonyl (C=O) groups is 1. The van der Waals surface area contributed by atoms with Gasteiger partial charge in [-0.2, -0.15) is 9.57 Å². The van der Waals surface area contributed by atoms with Gasteiger partial charge in [-0.3, -0.25) is 4.79 Å². The van der Waals surface area contributed by atoms with Crippen LogP contribution in [0.1, 0.15) is 11.8 Å². The number of carbonyl (C=O) groups excluding carboxylic acids is 1. The molecule has 1 amide bonds. The molecular weight excluding hydrogens is 274 g/mol. The summed E-state index contributed by atoms with van der Waals surface area (Å²) in [6.07, 6.45) is 0. The van der Waals surface area contributed by atoms with E-state index in [1.54, 1.807) is 6.92 Å². The molecule has 18 heavy (non-hydrogen) atoms. The quantitative estimate of drug-likeness (QED) is 0.847. The standard InChI is InChI=1S/C10H13N3O3S2/c1-3-12-9(14)7-13(2)18(15,16)10-5-4-8(6-11)17-10/h4-5H,3,7H2,1-2H3,(H,12,14). The summed E-state index contributed by atoms with van der Waals surface area (Å²) in [5.41, 5.74) is 0. The topological polar surface area (TPSA) is 90.3 Å². The minimum atomic E-state index is -3.70. The maximum Gasteiger partial charge on any atom is 0.252 e. The van der Waals surface area contributed by atoms with Crippen LogP contribution in [0.2, 0.25) is 0 Å². The highest BCUT2D eigenvalue weighted by Gasteiger charge is 2.24. The van der Waals surface area contributed by atoms with Crippen molar-refractivity contribution >= 4 is 27.3 Å². The van der Waals surface area contributed by atoms with E-state index in [9.17, 15) is 13.2 Å². The highest BCUT2D eigenvalue weighted by atomic mass is 32.2. The Morgan fingerprint density at radius 1 is 1.56 bits per heavy atom. The van der Waals surface area contributed by atoms with Crippen molar-refractivity contribution in [3.63, 3.8) is 0 Å². The Balaban J connectivity index is 2.87. The molecule has 0 aromatic carbocycles. The molecule has 0 aliphatic carbocycles. The minimum absolute atomic E-state index is 0.0610. The van der Waals surface area contributed by atoms with Crippen LogP contribution in [-0.2, 0) is 14.8 Å². The van der Waals surface area contributed by atoms with Crippen LogP contribution in [0.15, 0.2) is 16.3 Å². The molecule has 0 saturated carbocycles. The van der Waals surface area contributed by atoms with Gasteiger partial charge in [-0.1, -0.05) is 0 Å². The first-order valence-electron chi connectivity index (χ1n) is 5.14. The van der Waals surface area contributed by atoms with E-state index >= 15 is 0 Å². The van der Waals surface area contributed by atoms with E-state index < -0.39 is 10.0 Å². The highest BCUT2D eigenvalue weighted by molar-refractivity contribution is 7.91. The average molecular weight is 287 g/mol. The molecule has 1 aromatic heterocycles. The van der Waals surface area contributed by atoms with Crippen LogP contribution in [0.3, 0.4) is 0 Å². The van der Waals surface area contributed by atoms with Crippen molar-refractivity contribution in [2.45, 2.75) is 11.1 Å². The molecule has 0 spiro atoms. The molecule has 1 rings (SSSR count). The van der Waals surface area contributed by atoms with Gasteiger partial charge in [0.1, 0.15) is 15.2 Å². The van der Waals surface area contributed by atoms with Crippen LogP contribution in [0.25, 0.3) is 0 Å². The van der Waals surface area contributed by atoms with E-state index in [1.165, 1.54) is 19.2 Å². The first kappa shape index (κ1) is 14.6. The number of nitriles is 1. The zero-order valence-electron chi connectivity index (χ0n) is 10.0. The van der Waals surface area contributed by atoms with Crippen LogP contribution < -0.4 is 5.32 Å². The zero-order valence-corrected chi connectivity index (χ0v) is 11.6. The molecule has 0 saturated heterocycles. The molecule has 0 atom stereocenters. The lowest BCUT2D eigenvalue weighted by molar-refractivity contribution is -0.121. The number of nitrogens with zero attached hydrogens (tertiary/aromatic N) is 2. The fourth-order valence-corrected chi connectivity index (χ4v) is 3.65. The molecule has 0 aliphatic rings. The van der Waals surface area contributed by atoms with E-state index in [2.05, 4.69) is 5.32 Å². The Morgan fingerprint density at radius 2 is 2.22 bits per heavy atom. The van der Waals surface area contributed by atoms with Crippen LogP contribution in [-0.4, -0.2) is 38.8 Å². The van der Waals surface area contributed by atoms with Crippen molar-refractivity contribution in [3.05, 3.63) is 17.0 Å². The molecular formula is C10H13N3O3S2. The first-order chi connectivity index (χ1) is 8.41. The molecule has 6 nitrogen and oxygen atoms in total. The maximum absolute atomic E-state index is 12.0. The van der Waals surface area contributed by atoms with E-state index in [-0.39, 0.29) is 16.7 Å². The fourth-order valence-electron chi connectivity index (χ4n) is 1.21. The van der Waals surface area contributed by atoms with Crippen molar-refractivity contribution in [3.8, 4) is 6.07 Å². The third kappa shape index (κ3) is 3.29. The Labute approximate surface area is 110 Å². The summed E-state index contributed by atoms with van der Waals surface area (Å²) in [6.45, 7) is 1.96. The lowest BCUT2D eigenvalue weighted by atomic mass is 10.5. The number of amides is 1. The van der Waals surface area contributed by atoms with Crippen LogP contribution in [0.5, 0.6) is 0 Å². The molecule has 98 valence electrons. The summed E-state index contributed by atoms with van der Waals surface area (Å²) >= 11 is 0.886. The lowest BCUT2D eigenvalue weighted by Crippen LogP contribution is -2.37. The smallest absolute Gasteiger partial charge is 0.252 e. The fraction of sp³-hybridized carbons (Fsp3) is 0.400. The van der Waals surface area contributed by atoms with Crippen LogP contribution >= 0.6 is 11.3 Å². The second-order valence-electron chi connectivity index (χ2n) is 3.45. The Hall–Kier alpha value is -1.43. The zero-order chi connectivity index (χ0) is 13.8. The summed E-state index contributed by atoms with van der Waals surface area (Å²) in [4.78, 5) is 11.6. The number of nitrogens with one attached hydrogen (secondary N) is 1. The minimum Gasteiger partial charge on any atom is -0.355 e. The van der Waals surface area contributed by atoms with Gasteiger partial charge in [-0.05, 0) is 19.1 Å². The monoisotopic (exact) mass is 287 g/mol. The van der Waals surface area contributed by atoms with Gasteiger partial charge in [0.2, 0.25) is 5.91 Å². The molecule has 1 N–H and O–H groups in total. The van der Waals surface area contributed by atoms with Gasteiger partial charge >= 0.3 is 0 Å². The molecule has 0 fully saturated rings. The summed E-state index contributed by atoms with van der Waals surface area (Å²) < 4.78 is 25.1. The molecule has 0 aliphatic heterocycles. The van der Waals surface area contributed by atoms with Crippen molar-refractivity contribution in [1.82, 2.24) is 9.62 Å². The lowest BCUT2D eigenvalue weighted by Gasteiger charge is -2.15. The van der Waals surface area contributed by atoms with Gasteiger partial charge in [-0.25, -0.2) is 8.42 Å². The molecule has 0 unspecified atom stereocenters. The largest absolute Gasteiger partial charge is 0.355 e. The highest BCUT2D eigenvalue weighted by Crippen LogP contribution is 2.23. The summed E-state index contributed by atoms with van der Waals surface area (Å²) in [7, 11) is -2.37. The van der Waals surface area contributed by atoms with Crippen molar-refractivity contribution in [2.75, 3.05) is 20.1 Å².